The van der Waals surface area contributed by atoms with Crippen molar-refractivity contribution < 1.29 is 47.9 Å². The van der Waals surface area contributed by atoms with Crippen LogP contribution in [0.1, 0.15) is 85.2 Å². The van der Waals surface area contributed by atoms with Gasteiger partial charge in [0.1, 0.15) is 24.7 Å². The summed E-state index contributed by atoms with van der Waals surface area (Å²) in [5, 5.41) is 9.11. The molecular weight excluding hydrogens is 716 g/mol. The van der Waals surface area contributed by atoms with Crippen molar-refractivity contribution in [3.63, 3.8) is 0 Å². The van der Waals surface area contributed by atoms with E-state index in [1.807, 2.05) is 6.92 Å². The third kappa shape index (κ3) is 12.8. The molecule has 0 radical (unpaired) electrons. The van der Waals surface area contributed by atoms with Crippen LogP contribution in [0.4, 0.5) is 0 Å². The monoisotopic (exact) mass is 762 g/mol. The molecular formula is C33H48Br2O10. The van der Waals surface area contributed by atoms with Crippen molar-refractivity contribution in [2.24, 2.45) is 0 Å². The van der Waals surface area contributed by atoms with E-state index in [0.717, 1.165) is 66.2 Å². The molecule has 0 bridgehead atoms. The highest BCUT2D eigenvalue weighted by Gasteiger charge is 2.18. The van der Waals surface area contributed by atoms with Crippen molar-refractivity contribution in [2.75, 3.05) is 46.8 Å². The molecule has 2 aliphatic rings. The maximum Gasteiger partial charge on any atom is 0.338 e. The number of rotatable bonds is 12. The molecule has 10 nitrogen and oxygen atoms in total. The molecule has 2 unspecified atom stereocenters. The number of ether oxygens (including phenoxy) is 7. The van der Waals surface area contributed by atoms with Crippen LogP contribution >= 0.6 is 31.9 Å². The highest BCUT2D eigenvalue weighted by atomic mass is 79.9. The van der Waals surface area contributed by atoms with Crippen LogP contribution in [-0.2, 0) is 23.7 Å². The van der Waals surface area contributed by atoms with Crippen LogP contribution in [0, 0.1) is 13.8 Å². The molecule has 4 rings (SSSR count). The molecule has 254 valence electrons. The maximum absolute atomic E-state index is 11.7. The zero-order chi connectivity index (χ0) is 31.2. The second-order valence-electron chi connectivity index (χ2n) is 9.93. The number of aromatic carboxylic acids is 1. The Morgan fingerprint density at radius 2 is 1.20 bits per heavy atom. The lowest BCUT2D eigenvalue weighted by atomic mass is 10.1. The molecule has 0 spiro atoms. The number of esters is 1. The minimum atomic E-state index is -0.961. The molecule has 2 saturated heterocycles. The minimum Gasteiger partial charge on any atom is -0.490 e. The van der Waals surface area contributed by atoms with Crippen LogP contribution in [0.25, 0.3) is 0 Å². The van der Waals surface area contributed by atoms with Gasteiger partial charge in [-0.3, -0.25) is 0 Å². The molecule has 0 aromatic heterocycles. The molecule has 2 aliphatic heterocycles. The van der Waals surface area contributed by atoms with Crippen molar-refractivity contribution in [1.29, 1.82) is 0 Å². The summed E-state index contributed by atoms with van der Waals surface area (Å²) >= 11 is 6.81. The van der Waals surface area contributed by atoms with E-state index in [1.165, 1.54) is 7.11 Å². The van der Waals surface area contributed by atoms with Gasteiger partial charge < -0.3 is 38.3 Å². The van der Waals surface area contributed by atoms with E-state index < -0.39 is 5.97 Å². The summed E-state index contributed by atoms with van der Waals surface area (Å²) in [7, 11) is 1.36. The van der Waals surface area contributed by atoms with Crippen molar-refractivity contribution in [2.45, 2.75) is 79.8 Å². The SMILES string of the molecule is C.C.COC(=O)c1ccc(Br)c(OCCOC2CCCCO2)c1C.Cc1c(C(=O)O)ccc(Br)c1OCCOC1CCCCO1. The first kappa shape index (κ1) is 40.8. The van der Waals surface area contributed by atoms with Gasteiger partial charge in [-0.15, -0.1) is 0 Å². The van der Waals surface area contributed by atoms with Gasteiger partial charge in [-0.25, -0.2) is 9.59 Å². The largest absolute Gasteiger partial charge is 0.490 e. The predicted octanol–water partition coefficient (Wildman–Crippen LogP) is 8.12. The Hall–Kier alpha value is -2.22. The molecule has 2 aromatic carbocycles. The second-order valence-corrected chi connectivity index (χ2v) is 11.6. The predicted molar refractivity (Wildman–Crippen MR) is 180 cm³/mol. The number of benzene rings is 2. The quantitative estimate of drug-likeness (QED) is 0.168. The Morgan fingerprint density at radius 1 is 0.756 bits per heavy atom. The van der Waals surface area contributed by atoms with Gasteiger partial charge in [0.15, 0.2) is 12.6 Å². The van der Waals surface area contributed by atoms with Gasteiger partial charge in [-0.05, 0) is 108 Å². The van der Waals surface area contributed by atoms with Gasteiger partial charge in [0.25, 0.3) is 0 Å². The van der Waals surface area contributed by atoms with Gasteiger partial charge in [-0.2, -0.15) is 0 Å². The Bertz CT molecular complexity index is 1190. The van der Waals surface area contributed by atoms with Gasteiger partial charge in [-0.1, -0.05) is 14.9 Å². The summed E-state index contributed by atoms with van der Waals surface area (Å²) < 4.78 is 39.9. The van der Waals surface area contributed by atoms with E-state index in [9.17, 15) is 9.59 Å². The summed E-state index contributed by atoms with van der Waals surface area (Å²) in [4.78, 5) is 22.8. The number of methoxy groups -OCH3 is 1. The highest BCUT2D eigenvalue weighted by molar-refractivity contribution is 9.10. The fourth-order valence-corrected chi connectivity index (χ4v) is 5.65. The zero-order valence-electron chi connectivity index (χ0n) is 24.8. The Kier molecular flexibility index (Phi) is 19.5. The fraction of sp³-hybridized carbons (Fsp3) is 0.576. The van der Waals surface area contributed by atoms with Gasteiger partial charge in [0.2, 0.25) is 0 Å². The molecule has 0 amide bonds. The first-order chi connectivity index (χ1) is 20.7. The second kappa shape index (κ2) is 21.6. The Morgan fingerprint density at radius 3 is 1.60 bits per heavy atom. The maximum atomic E-state index is 11.7. The van der Waals surface area contributed by atoms with Crippen molar-refractivity contribution in [1.82, 2.24) is 0 Å². The summed E-state index contributed by atoms with van der Waals surface area (Å²) in [5.41, 5.74) is 2.09. The number of carboxylic acids is 1. The van der Waals surface area contributed by atoms with Crippen molar-refractivity contribution in [3.05, 3.63) is 55.5 Å². The zero-order valence-corrected chi connectivity index (χ0v) is 28.0. The van der Waals surface area contributed by atoms with Gasteiger partial charge in [0, 0.05) is 24.3 Å². The molecule has 45 heavy (non-hydrogen) atoms. The first-order valence-corrected chi connectivity index (χ1v) is 15.9. The molecule has 12 heteroatoms. The highest BCUT2D eigenvalue weighted by Crippen LogP contribution is 2.32. The van der Waals surface area contributed by atoms with Crippen LogP contribution in [0.15, 0.2) is 33.2 Å². The third-order valence-corrected chi connectivity index (χ3v) is 8.14. The van der Waals surface area contributed by atoms with E-state index in [4.69, 9.17) is 38.3 Å². The molecule has 2 atom stereocenters. The minimum absolute atomic E-state index is 0. The van der Waals surface area contributed by atoms with E-state index in [-0.39, 0.29) is 39.0 Å². The fourth-order valence-electron chi connectivity index (χ4n) is 4.57. The van der Waals surface area contributed by atoms with E-state index in [2.05, 4.69) is 31.9 Å². The van der Waals surface area contributed by atoms with E-state index in [0.29, 0.717) is 49.1 Å². The average Bonchev–Trinajstić information content (AvgIpc) is 3.01. The van der Waals surface area contributed by atoms with Crippen molar-refractivity contribution in [3.8, 4) is 11.5 Å². The van der Waals surface area contributed by atoms with E-state index in [1.54, 1.807) is 31.2 Å². The molecule has 2 aromatic rings. The number of carboxylic acid groups (broad SMARTS) is 1. The third-order valence-electron chi connectivity index (χ3n) is 6.89. The lowest BCUT2D eigenvalue weighted by Crippen LogP contribution is -2.24. The molecule has 0 saturated carbocycles. The van der Waals surface area contributed by atoms with Gasteiger partial charge in [0.05, 0.1) is 40.4 Å². The first-order valence-electron chi connectivity index (χ1n) is 14.3. The van der Waals surface area contributed by atoms with Crippen LogP contribution in [-0.4, -0.2) is 76.4 Å². The average molecular weight is 765 g/mol. The van der Waals surface area contributed by atoms with Crippen LogP contribution < -0.4 is 9.47 Å². The molecule has 1 N–H and O–H groups in total. The summed E-state index contributed by atoms with van der Waals surface area (Å²) in [6.45, 7) is 6.67. The topological polar surface area (TPSA) is 119 Å². The van der Waals surface area contributed by atoms with Gasteiger partial charge >= 0.3 is 11.9 Å². The van der Waals surface area contributed by atoms with Crippen molar-refractivity contribution >= 4 is 43.8 Å². The number of hydrogen-bond donors (Lipinski definition) is 1. The standard InChI is InChI=1S/C16H21BrO5.C15H19BrO5.2CH4/c1-11-12(16(18)19-2)6-7-13(17)15(11)22-10-9-21-14-5-3-4-8-20-14;1-10-11(15(17)18)5-6-12(16)14(10)21-9-8-20-13-4-2-3-7-19-13;;/h6-7,14H,3-5,8-10H2,1-2H3;5-6,13H,2-4,7-9H2,1H3,(H,17,18);2*1H4. The Balaban J connectivity index is 0.000000431. The van der Waals surface area contributed by atoms with Crippen LogP contribution in [0.3, 0.4) is 0 Å². The molecule has 2 heterocycles. The number of halogens is 2. The van der Waals surface area contributed by atoms with Crippen LogP contribution in [0.5, 0.6) is 11.5 Å². The summed E-state index contributed by atoms with van der Waals surface area (Å²) in [6.07, 6.45) is 6.03. The smallest absolute Gasteiger partial charge is 0.338 e. The number of carbonyl (C=O) groups excluding carboxylic acids is 1. The number of carbonyl (C=O) groups is 2. The number of hydrogen-bond acceptors (Lipinski definition) is 9. The summed E-state index contributed by atoms with van der Waals surface area (Å²) in [5.74, 6) is -0.155. The molecule has 0 aliphatic carbocycles. The van der Waals surface area contributed by atoms with E-state index >= 15 is 0 Å². The lowest BCUT2D eigenvalue weighted by molar-refractivity contribution is -0.165. The lowest BCUT2D eigenvalue weighted by Gasteiger charge is -2.22. The van der Waals surface area contributed by atoms with Crippen LogP contribution in [0.2, 0.25) is 0 Å². The normalized spacial score (nSPS) is 17.4. The molecule has 2 fully saturated rings. The Labute approximate surface area is 284 Å². The summed E-state index contributed by atoms with van der Waals surface area (Å²) in [6, 6.07) is 6.72.